The van der Waals surface area contributed by atoms with Crippen LogP contribution in [0.1, 0.15) is 26.2 Å². The number of nitrogens with one attached hydrogen (secondary N) is 1. The van der Waals surface area contributed by atoms with Crippen LogP contribution in [0.5, 0.6) is 0 Å². The Hall–Kier alpha value is -1.26. The van der Waals surface area contributed by atoms with Crippen LogP contribution in [0, 0.1) is 0 Å². The molecule has 5 heteroatoms. The molecule has 1 N–H and O–H groups in total. The molecule has 12 heavy (non-hydrogen) atoms. The fourth-order valence-electron chi connectivity index (χ4n) is 0.967. The summed E-state index contributed by atoms with van der Waals surface area (Å²) in [6, 6.07) is 0. The van der Waals surface area contributed by atoms with E-state index in [0.29, 0.717) is 6.54 Å². The third-order valence-electron chi connectivity index (χ3n) is 1.59. The monoisotopic (exact) mass is 172 g/mol. The van der Waals surface area contributed by atoms with Crippen LogP contribution in [0.15, 0.2) is 14.1 Å². The summed E-state index contributed by atoms with van der Waals surface area (Å²) in [5.74, 6) is -0.684. The molecule has 0 saturated carbocycles. The average Bonchev–Trinajstić information content (AvgIpc) is 2.31. The lowest BCUT2D eigenvalue weighted by Crippen LogP contribution is -2.16. The van der Waals surface area contributed by atoms with Crippen molar-refractivity contribution in [3.8, 4) is 0 Å². The van der Waals surface area contributed by atoms with E-state index >= 15 is 0 Å². The Labute approximate surface area is 69.0 Å². The van der Waals surface area contributed by atoms with Gasteiger partial charge in [0.1, 0.15) is 0 Å². The van der Waals surface area contributed by atoms with Gasteiger partial charge in [-0.1, -0.05) is 19.8 Å². The van der Waals surface area contributed by atoms with Crippen LogP contribution in [-0.2, 0) is 6.54 Å². The number of unbranched alkanes of at least 4 members (excludes halogenated alkanes) is 2. The van der Waals surface area contributed by atoms with Gasteiger partial charge in [-0.3, -0.25) is 0 Å². The smallest absolute Gasteiger partial charge is 0.317 e. The molecule has 0 aliphatic rings. The molecule has 0 amide bonds. The minimum absolute atomic E-state index is 0.462. The highest BCUT2D eigenvalue weighted by Gasteiger charge is 2.00. The standard InChI is InChI=1S/C7H12N2O3/c1-2-3-4-5-9-6(10)8-7(11)12-9/h2-5H2,1H3,(H,8,10,11). The Morgan fingerprint density at radius 3 is 2.67 bits per heavy atom. The summed E-state index contributed by atoms with van der Waals surface area (Å²) in [7, 11) is 0. The summed E-state index contributed by atoms with van der Waals surface area (Å²) in [5, 5.41) is 0. The molecule has 1 rings (SSSR count). The minimum Gasteiger partial charge on any atom is -0.317 e. The van der Waals surface area contributed by atoms with Crippen molar-refractivity contribution in [3.05, 3.63) is 21.0 Å². The highest BCUT2D eigenvalue weighted by Crippen LogP contribution is 1.94. The van der Waals surface area contributed by atoms with E-state index in [9.17, 15) is 9.59 Å². The van der Waals surface area contributed by atoms with Gasteiger partial charge in [0.25, 0.3) is 0 Å². The number of aryl methyl sites for hydroxylation is 1. The fourth-order valence-corrected chi connectivity index (χ4v) is 0.967. The van der Waals surface area contributed by atoms with Crippen molar-refractivity contribution >= 4 is 0 Å². The first kappa shape index (κ1) is 8.83. The van der Waals surface area contributed by atoms with E-state index in [0.717, 1.165) is 24.0 Å². The van der Waals surface area contributed by atoms with Crippen molar-refractivity contribution in [2.45, 2.75) is 32.7 Å². The van der Waals surface area contributed by atoms with Gasteiger partial charge in [0.15, 0.2) is 0 Å². The van der Waals surface area contributed by atoms with Gasteiger partial charge >= 0.3 is 11.4 Å². The van der Waals surface area contributed by atoms with E-state index in [1.165, 1.54) is 0 Å². The Kier molecular flexibility index (Phi) is 2.90. The molecule has 1 aromatic heterocycles. The van der Waals surface area contributed by atoms with Crippen molar-refractivity contribution in [2.24, 2.45) is 0 Å². The molecule has 0 aliphatic carbocycles. The molecule has 0 aromatic carbocycles. The molecular weight excluding hydrogens is 160 g/mol. The average molecular weight is 172 g/mol. The van der Waals surface area contributed by atoms with Gasteiger partial charge in [0.05, 0.1) is 6.54 Å². The molecule has 1 heterocycles. The second-order valence-electron chi connectivity index (χ2n) is 2.62. The van der Waals surface area contributed by atoms with Crippen LogP contribution in [0.25, 0.3) is 0 Å². The molecule has 0 aliphatic heterocycles. The molecule has 0 spiro atoms. The molecule has 0 saturated heterocycles. The molecule has 68 valence electrons. The summed E-state index contributed by atoms with van der Waals surface area (Å²) >= 11 is 0. The van der Waals surface area contributed by atoms with Crippen LogP contribution < -0.4 is 11.4 Å². The maximum atomic E-state index is 10.8. The Balaban J connectivity index is 2.57. The summed E-state index contributed by atoms with van der Waals surface area (Å²) < 4.78 is 5.61. The zero-order valence-corrected chi connectivity index (χ0v) is 7.00. The normalized spacial score (nSPS) is 10.4. The quantitative estimate of drug-likeness (QED) is 0.665. The fraction of sp³-hybridized carbons (Fsp3) is 0.714. The van der Waals surface area contributed by atoms with Gasteiger partial charge in [-0.2, -0.15) is 4.74 Å². The molecule has 1 aromatic rings. The first-order chi connectivity index (χ1) is 5.74. The number of hydrogen-bond donors (Lipinski definition) is 1. The molecule has 5 nitrogen and oxygen atoms in total. The first-order valence-corrected chi connectivity index (χ1v) is 4.04. The van der Waals surface area contributed by atoms with Crippen molar-refractivity contribution in [1.82, 2.24) is 9.72 Å². The molecule has 0 fully saturated rings. The van der Waals surface area contributed by atoms with Gasteiger partial charge in [-0.15, -0.1) is 0 Å². The van der Waals surface area contributed by atoms with Crippen LogP contribution >= 0.6 is 0 Å². The highest BCUT2D eigenvalue weighted by atomic mass is 16.5. The maximum absolute atomic E-state index is 10.8. The number of aromatic nitrogens is 2. The molecule has 0 radical (unpaired) electrons. The van der Waals surface area contributed by atoms with Crippen LogP contribution in [0.2, 0.25) is 0 Å². The Bertz CT molecular complexity index is 333. The lowest BCUT2D eigenvalue weighted by atomic mass is 10.2. The predicted octanol–water partition coefficient (Wildman–Crippen LogP) is 0.320. The van der Waals surface area contributed by atoms with Crippen LogP contribution in [0.4, 0.5) is 0 Å². The molecule has 0 atom stereocenters. The van der Waals surface area contributed by atoms with E-state index in [-0.39, 0.29) is 0 Å². The van der Waals surface area contributed by atoms with Gasteiger partial charge in [-0.05, 0) is 6.42 Å². The molecule has 0 bridgehead atoms. The van der Waals surface area contributed by atoms with Crippen molar-refractivity contribution in [3.63, 3.8) is 0 Å². The van der Waals surface area contributed by atoms with Gasteiger partial charge in [0.2, 0.25) is 0 Å². The van der Waals surface area contributed by atoms with Crippen LogP contribution in [0.3, 0.4) is 0 Å². The second-order valence-corrected chi connectivity index (χ2v) is 2.62. The number of aromatic amines is 1. The lowest BCUT2D eigenvalue weighted by Gasteiger charge is -1.95. The zero-order valence-electron chi connectivity index (χ0n) is 7.00. The summed E-state index contributed by atoms with van der Waals surface area (Å²) in [5.41, 5.74) is -0.462. The van der Waals surface area contributed by atoms with E-state index in [1.54, 1.807) is 0 Å². The van der Waals surface area contributed by atoms with E-state index in [2.05, 4.69) is 11.4 Å². The summed E-state index contributed by atoms with van der Waals surface area (Å²) in [6.07, 6.45) is 2.96. The van der Waals surface area contributed by atoms with E-state index in [4.69, 9.17) is 0 Å². The lowest BCUT2D eigenvalue weighted by molar-refractivity contribution is 0.237. The number of nitrogens with zero attached hydrogens (tertiary/aromatic N) is 1. The SMILES string of the molecule is CCCCCn1oc(=O)[nH]c1=O. The first-order valence-electron chi connectivity index (χ1n) is 4.04. The van der Waals surface area contributed by atoms with Gasteiger partial charge < -0.3 is 4.52 Å². The van der Waals surface area contributed by atoms with Crippen molar-refractivity contribution in [1.29, 1.82) is 0 Å². The van der Waals surface area contributed by atoms with E-state index in [1.807, 2.05) is 4.98 Å². The Morgan fingerprint density at radius 1 is 1.42 bits per heavy atom. The van der Waals surface area contributed by atoms with Gasteiger partial charge in [-0.25, -0.2) is 14.6 Å². The summed E-state index contributed by atoms with van der Waals surface area (Å²) in [6.45, 7) is 2.54. The predicted molar refractivity (Wildman–Crippen MR) is 43.1 cm³/mol. The number of rotatable bonds is 4. The number of H-pyrrole nitrogens is 1. The molecule has 0 unspecified atom stereocenters. The Morgan fingerprint density at radius 2 is 2.17 bits per heavy atom. The third kappa shape index (κ3) is 2.11. The minimum atomic E-state index is -0.684. The molecular formula is C7H12N2O3. The van der Waals surface area contributed by atoms with Crippen LogP contribution in [-0.4, -0.2) is 9.72 Å². The highest BCUT2D eigenvalue weighted by molar-refractivity contribution is 4.55. The largest absolute Gasteiger partial charge is 0.440 e. The second kappa shape index (κ2) is 3.94. The maximum Gasteiger partial charge on any atom is 0.440 e. The summed E-state index contributed by atoms with van der Waals surface area (Å²) in [4.78, 5) is 23.4. The third-order valence-corrected chi connectivity index (χ3v) is 1.59. The van der Waals surface area contributed by atoms with Crippen molar-refractivity contribution in [2.75, 3.05) is 0 Å². The van der Waals surface area contributed by atoms with Crippen molar-refractivity contribution < 1.29 is 4.52 Å². The topological polar surface area (TPSA) is 68.0 Å². The van der Waals surface area contributed by atoms with E-state index < -0.39 is 11.4 Å². The zero-order chi connectivity index (χ0) is 8.97. The number of hydrogen-bond acceptors (Lipinski definition) is 3. The van der Waals surface area contributed by atoms with Gasteiger partial charge in [0, 0.05) is 0 Å².